The molecule has 7 heteroatoms. The molecule has 0 N–H and O–H groups in total. The van der Waals surface area contributed by atoms with Crippen LogP contribution in [0.25, 0.3) is 11.3 Å². The average Bonchev–Trinajstić information content (AvgIpc) is 3.20. The summed E-state index contributed by atoms with van der Waals surface area (Å²) in [7, 11) is 0. The second-order valence-corrected chi connectivity index (χ2v) is 8.54. The van der Waals surface area contributed by atoms with Crippen molar-refractivity contribution in [2.24, 2.45) is 10.1 Å². The van der Waals surface area contributed by atoms with Crippen LogP contribution in [-0.4, -0.2) is 43.7 Å². The SMILES string of the molecule is C=CCN=c1scc(-c2ccc(Br)cc2)n1/N=C\c1ccc(N2CCOCC2)cc1. The maximum Gasteiger partial charge on any atom is 0.206 e. The van der Waals surface area contributed by atoms with Gasteiger partial charge in [-0.05, 0) is 29.8 Å². The van der Waals surface area contributed by atoms with Crippen LogP contribution in [0, 0.1) is 0 Å². The molecule has 1 saturated heterocycles. The van der Waals surface area contributed by atoms with Crippen molar-refractivity contribution in [3.05, 3.63) is 81.4 Å². The second kappa shape index (κ2) is 10.0. The summed E-state index contributed by atoms with van der Waals surface area (Å²) in [5.41, 5.74) is 4.36. The predicted octanol–water partition coefficient (Wildman–Crippen LogP) is 4.78. The Bertz CT molecular complexity index is 1080. The van der Waals surface area contributed by atoms with Gasteiger partial charge in [-0.2, -0.15) is 5.10 Å². The number of morpholine rings is 1. The lowest BCUT2D eigenvalue weighted by atomic mass is 10.2. The maximum absolute atomic E-state index is 5.44. The Kier molecular flexibility index (Phi) is 6.94. The van der Waals surface area contributed by atoms with Crippen molar-refractivity contribution in [1.82, 2.24) is 4.68 Å². The van der Waals surface area contributed by atoms with Crippen LogP contribution in [0.1, 0.15) is 5.56 Å². The molecule has 1 aromatic heterocycles. The van der Waals surface area contributed by atoms with Gasteiger partial charge in [0.1, 0.15) is 0 Å². The molecule has 0 unspecified atom stereocenters. The van der Waals surface area contributed by atoms with Crippen LogP contribution in [0.3, 0.4) is 0 Å². The first-order valence-corrected chi connectivity index (χ1v) is 11.5. The van der Waals surface area contributed by atoms with E-state index in [4.69, 9.17) is 9.84 Å². The van der Waals surface area contributed by atoms with E-state index in [1.165, 1.54) is 5.69 Å². The highest BCUT2D eigenvalue weighted by Crippen LogP contribution is 2.22. The molecule has 0 bridgehead atoms. The summed E-state index contributed by atoms with van der Waals surface area (Å²) < 4.78 is 8.38. The van der Waals surface area contributed by atoms with Crippen LogP contribution < -0.4 is 9.70 Å². The number of aromatic nitrogens is 1. The summed E-state index contributed by atoms with van der Waals surface area (Å²) in [6.07, 6.45) is 3.67. The van der Waals surface area contributed by atoms with Crippen LogP contribution in [0.2, 0.25) is 0 Å². The van der Waals surface area contributed by atoms with Crippen molar-refractivity contribution in [3.63, 3.8) is 0 Å². The van der Waals surface area contributed by atoms with Crippen LogP contribution >= 0.6 is 27.3 Å². The summed E-state index contributed by atoms with van der Waals surface area (Å²) >= 11 is 5.07. The van der Waals surface area contributed by atoms with E-state index in [1.54, 1.807) is 17.4 Å². The molecule has 0 amide bonds. The fourth-order valence-corrected chi connectivity index (χ4v) is 4.31. The van der Waals surface area contributed by atoms with Crippen LogP contribution in [0.15, 0.2) is 81.1 Å². The molecule has 4 rings (SSSR count). The zero-order chi connectivity index (χ0) is 20.8. The van der Waals surface area contributed by atoms with Gasteiger partial charge in [-0.15, -0.1) is 17.9 Å². The zero-order valence-corrected chi connectivity index (χ0v) is 19.0. The van der Waals surface area contributed by atoms with Gasteiger partial charge in [-0.25, -0.2) is 4.68 Å². The molecule has 0 saturated carbocycles. The molecule has 0 radical (unpaired) electrons. The summed E-state index contributed by atoms with van der Waals surface area (Å²) in [5, 5.41) is 6.85. The molecule has 5 nitrogen and oxygen atoms in total. The molecule has 2 heterocycles. The van der Waals surface area contributed by atoms with Crippen LogP contribution in [0.4, 0.5) is 5.69 Å². The van der Waals surface area contributed by atoms with Gasteiger partial charge in [-0.1, -0.05) is 46.3 Å². The number of ether oxygens (including phenoxy) is 1. The predicted molar refractivity (Wildman–Crippen MR) is 129 cm³/mol. The van der Waals surface area contributed by atoms with E-state index in [9.17, 15) is 0 Å². The van der Waals surface area contributed by atoms with Gasteiger partial charge in [0.25, 0.3) is 0 Å². The lowest BCUT2D eigenvalue weighted by Gasteiger charge is -2.28. The number of halogens is 1. The monoisotopic (exact) mass is 482 g/mol. The van der Waals surface area contributed by atoms with E-state index < -0.39 is 0 Å². The van der Waals surface area contributed by atoms with E-state index >= 15 is 0 Å². The van der Waals surface area contributed by atoms with E-state index in [0.717, 1.165) is 52.4 Å². The van der Waals surface area contributed by atoms with Gasteiger partial charge < -0.3 is 9.64 Å². The molecule has 30 heavy (non-hydrogen) atoms. The van der Waals surface area contributed by atoms with Crippen LogP contribution in [0.5, 0.6) is 0 Å². The molecule has 0 atom stereocenters. The minimum atomic E-state index is 0.560. The first-order valence-electron chi connectivity index (χ1n) is 9.79. The zero-order valence-electron chi connectivity index (χ0n) is 16.6. The lowest BCUT2D eigenvalue weighted by Crippen LogP contribution is -2.36. The minimum Gasteiger partial charge on any atom is -0.378 e. The third-order valence-corrected chi connectivity index (χ3v) is 6.16. The normalized spacial score (nSPS) is 15.1. The van der Waals surface area contributed by atoms with Gasteiger partial charge in [0, 0.05) is 34.2 Å². The molecule has 1 fully saturated rings. The Morgan fingerprint density at radius 2 is 1.80 bits per heavy atom. The average molecular weight is 483 g/mol. The van der Waals surface area contributed by atoms with Crippen molar-refractivity contribution in [2.45, 2.75) is 0 Å². The quantitative estimate of drug-likeness (QED) is 0.374. The fourth-order valence-electron chi connectivity index (χ4n) is 3.20. The smallest absolute Gasteiger partial charge is 0.206 e. The highest BCUT2D eigenvalue weighted by atomic mass is 79.9. The number of hydrogen-bond donors (Lipinski definition) is 0. The van der Waals surface area contributed by atoms with Crippen molar-refractivity contribution in [3.8, 4) is 11.3 Å². The van der Waals surface area contributed by atoms with Crippen LogP contribution in [-0.2, 0) is 4.74 Å². The van der Waals surface area contributed by atoms with Crippen molar-refractivity contribution >= 4 is 39.2 Å². The number of rotatable bonds is 6. The molecule has 154 valence electrons. The molecule has 0 spiro atoms. The van der Waals surface area contributed by atoms with Crippen molar-refractivity contribution in [1.29, 1.82) is 0 Å². The largest absolute Gasteiger partial charge is 0.378 e. The van der Waals surface area contributed by atoms with E-state index in [-0.39, 0.29) is 0 Å². The van der Waals surface area contributed by atoms with Gasteiger partial charge in [0.2, 0.25) is 4.80 Å². The maximum atomic E-state index is 5.44. The Balaban J connectivity index is 1.62. The Labute approximate surface area is 188 Å². The number of hydrogen-bond acceptors (Lipinski definition) is 5. The molecular weight excluding hydrogens is 460 g/mol. The summed E-state index contributed by atoms with van der Waals surface area (Å²) in [6, 6.07) is 16.7. The Morgan fingerprint density at radius 3 is 2.50 bits per heavy atom. The van der Waals surface area contributed by atoms with E-state index in [0.29, 0.717) is 6.54 Å². The molecule has 1 aliphatic heterocycles. The minimum absolute atomic E-state index is 0.560. The number of nitrogens with zero attached hydrogens (tertiary/aromatic N) is 4. The second-order valence-electron chi connectivity index (χ2n) is 6.79. The van der Waals surface area contributed by atoms with Gasteiger partial charge in [0.15, 0.2) is 0 Å². The van der Waals surface area contributed by atoms with E-state index in [1.807, 2.05) is 23.0 Å². The standard InChI is InChI=1S/C23H23BrN4OS/c1-2-11-25-23-28(22(17-30-23)19-5-7-20(24)8-6-19)26-16-18-3-9-21(10-4-18)27-12-14-29-15-13-27/h2-10,16-17H,1,11-15H2/b25-23?,26-16-. The van der Waals surface area contributed by atoms with Crippen molar-refractivity contribution < 1.29 is 4.74 Å². The summed E-state index contributed by atoms with van der Waals surface area (Å²) in [5.74, 6) is 0. The fraction of sp³-hybridized carbons (Fsp3) is 0.217. The van der Waals surface area contributed by atoms with E-state index in [2.05, 4.69) is 74.2 Å². The molecular formula is C23H23BrN4OS. The first kappa shape index (κ1) is 20.8. The van der Waals surface area contributed by atoms with Crippen molar-refractivity contribution in [2.75, 3.05) is 37.7 Å². The highest BCUT2D eigenvalue weighted by Gasteiger charge is 2.11. The van der Waals surface area contributed by atoms with Gasteiger partial charge in [0.05, 0.1) is 31.7 Å². The Hall–Kier alpha value is -2.48. The lowest BCUT2D eigenvalue weighted by molar-refractivity contribution is 0.122. The Morgan fingerprint density at radius 1 is 1.07 bits per heavy atom. The molecule has 2 aromatic carbocycles. The van der Waals surface area contributed by atoms with Gasteiger partial charge in [-0.3, -0.25) is 4.99 Å². The third kappa shape index (κ3) is 4.98. The molecule has 1 aliphatic rings. The number of benzene rings is 2. The summed E-state index contributed by atoms with van der Waals surface area (Å²) in [4.78, 5) is 7.78. The molecule has 3 aromatic rings. The number of anilines is 1. The highest BCUT2D eigenvalue weighted by molar-refractivity contribution is 9.10. The summed E-state index contributed by atoms with van der Waals surface area (Å²) in [6.45, 7) is 7.76. The molecule has 0 aliphatic carbocycles. The third-order valence-electron chi connectivity index (χ3n) is 4.77. The number of thiazole rings is 1. The topological polar surface area (TPSA) is 42.1 Å². The first-order chi connectivity index (χ1) is 14.7. The van der Waals surface area contributed by atoms with Gasteiger partial charge >= 0.3 is 0 Å².